The maximum atomic E-state index is 10.8. The Bertz CT molecular complexity index is 522. The van der Waals surface area contributed by atoms with Gasteiger partial charge in [-0.1, -0.05) is 12.1 Å². The highest BCUT2D eigenvalue weighted by atomic mass is 16.4. The number of guanidine groups is 1. The molecular weight excluding hydrogens is 256 g/mol. The molecule has 0 amide bonds. The third-order valence-electron chi connectivity index (χ3n) is 2.97. The van der Waals surface area contributed by atoms with E-state index in [9.17, 15) is 4.79 Å². The lowest BCUT2D eigenvalue weighted by molar-refractivity contribution is 0.0697. The molecule has 0 spiro atoms. The summed E-state index contributed by atoms with van der Waals surface area (Å²) >= 11 is 0. The third kappa shape index (κ3) is 3.81. The number of aromatic carboxylic acids is 1. The number of aliphatic imine (C=N–C) groups is 1. The Morgan fingerprint density at radius 2 is 2.15 bits per heavy atom. The summed E-state index contributed by atoms with van der Waals surface area (Å²) in [5.41, 5.74) is 1.11. The van der Waals surface area contributed by atoms with Crippen LogP contribution < -0.4 is 5.32 Å². The predicted octanol–water partition coefficient (Wildman–Crippen LogP) is 1.39. The van der Waals surface area contributed by atoms with Gasteiger partial charge in [0.2, 0.25) is 5.96 Å². The normalized spacial score (nSPS) is 15.3. The molecule has 2 rings (SSSR count). The van der Waals surface area contributed by atoms with Gasteiger partial charge < -0.3 is 10.4 Å². The molecule has 0 atom stereocenters. The van der Waals surface area contributed by atoms with E-state index in [0.29, 0.717) is 0 Å². The fourth-order valence-corrected chi connectivity index (χ4v) is 1.81. The van der Waals surface area contributed by atoms with Crippen molar-refractivity contribution in [2.45, 2.75) is 12.8 Å². The van der Waals surface area contributed by atoms with Gasteiger partial charge in [-0.3, -0.25) is 4.99 Å². The van der Waals surface area contributed by atoms with E-state index in [1.807, 2.05) is 7.05 Å². The van der Waals surface area contributed by atoms with Crippen LogP contribution in [0.1, 0.15) is 28.8 Å². The van der Waals surface area contributed by atoms with Crippen molar-refractivity contribution in [3.63, 3.8) is 0 Å². The van der Waals surface area contributed by atoms with Crippen molar-refractivity contribution < 1.29 is 9.90 Å². The number of nitrogens with one attached hydrogen (secondary N) is 1. The zero-order valence-corrected chi connectivity index (χ0v) is 11.4. The van der Waals surface area contributed by atoms with E-state index in [4.69, 9.17) is 5.11 Å². The first-order chi connectivity index (χ1) is 9.66. The minimum Gasteiger partial charge on any atom is -0.478 e. The summed E-state index contributed by atoms with van der Waals surface area (Å²) in [6, 6.07) is 6.57. The molecule has 6 nitrogen and oxygen atoms in total. The van der Waals surface area contributed by atoms with Crippen LogP contribution in [0.15, 0.2) is 34.4 Å². The number of carboxylic acids is 1. The van der Waals surface area contributed by atoms with Crippen LogP contribution in [0.3, 0.4) is 0 Å². The summed E-state index contributed by atoms with van der Waals surface area (Å²) in [6.07, 6.45) is 3.88. The summed E-state index contributed by atoms with van der Waals surface area (Å²) in [6.45, 7) is 1.72. The topological polar surface area (TPSA) is 77.3 Å². The van der Waals surface area contributed by atoms with Crippen molar-refractivity contribution in [3.8, 4) is 0 Å². The fraction of sp³-hybridized carbons (Fsp3) is 0.357. The van der Waals surface area contributed by atoms with Crippen LogP contribution in [0, 0.1) is 0 Å². The second-order valence-electron chi connectivity index (χ2n) is 4.53. The summed E-state index contributed by atoms with van der Waals surface area (Å²) in [7, 11) is 1.83. The number of carboxylic acid groups (broad SMARTS) is 1. The van der Waals surface area contributed by atoms with Crippen molar-refractivity contribution in [2.24, 2.45) is 10.1 Å². The SMILES string of the molecule is CN(/N=C\c1ccc(C(=O)O)cc1)C1=NCCCCN1. The van der Waals surface area contributed by atoms with Crippen LogP contribution in [0.25, 0.3) is 0 Å². The molecule has 0 bridgehead atoms. The van der Waals surface area contributed by atoms with Crippen LogP contribution in [-0.4, -0.2) is 48.4 Å². The van der Waals surface area contributed by atoms with Crippen molar-refractivity contribution in [1.29, 1.82) is 0 Å². The number of hydrogen-bond donors (Lipinski definition) is 2. The Hall–Kier alpha value is -2.37. The number of nitrogens with zero attached hydrogens (tertiary/aromatic N) is 3. The average molecular weight is 274 g/mol. The molecular formula is C14H18N4O2. The minimum absolute atomic E-state index is 0.269. The summed E-state index contributed by atoms with van der Waals surface area (Å²) in [4.78, 5) is 15.2. The first kappa shape index (κ1) is 14.0. The maximum absolute atomic E-state index is 10.8. The van der Waals surface area contributed by atoms with Gasteiger partial charge in [-0.25, -0.2) is 9.80 Å². The second kappa shape index (κ2) is 6.70. The van der Waals surface area contributed by atoms with Crippen molar-refractivity contribution >= 4 is 18.1 Å². The molecule has 0 fully saturated rings. The highest BCUT2D eigenvalue weighted by molar-refractivity contribution is 5.89. The Morgan fingerprint density at radius 1 is 1.40 bits per heavy atom. The van der Waals surface area contributed by atoms with Gasteiger partial charge in [0.1, 0.15) is 0 Å². The zero-order valence-electron chi connectivity index (χ0n) is 11.4. The van der Waals surface area contributed by atoms with Crippen molar-refractivity contribution in [2.75, 3.05) is 20.1 Å². The predicted molar refractivity (Wildman–Crippen MR) is 78.3 cm³/mol. The van der Waals surface area contributed by atoms with Crippen LogP contribution in [-0.2, 0) is 0 Å². The van der Waals surface area contributed by atoms with Gasteiger partial charge in [0.15, 0.2) is 0 Å². The number of hydrogen-bond acceptors (Lipinski definition) is 5. The first-order valence-corrected chi connectivity index (χ1v) is 6.56. The maximum Gasteiger partial charge on any atom is 0.335 e. The number of benzene rings is 1. The van der Waals surface area contributed by atoms with E-state index in [1.54, 1.807) is 35.5 Å². The Balaban J connectivity index is 2.00. The largest absolute Gasteiger partial charge is 0.478 e. The van der Waals surface area contributed by atoms with Gasteiger partial charge in [0.05, 0.1) is 11.8 Å². The van der Waals surface area contributed by atoms with Crippen molar-refractivity contribution in [1.82, 2.24) is 10.3 Å². The van der Waals surface area contributed by atoms with E-state index >= 15 is 0 Å². The smallest absolute Gasteiger partial charge is 0.335 e. The molecule has 0 radical (unpaired) electrons. The number of carbonyl (C=O) groups is 1. The minimum atomic E-state index is -0.928. The van der Waals surface area contributed by atoms with E-state index < -0.39 is 5.97 Å². The van der Waals surface area contributed by atoms with E-state index in [-0.39, 0.29) is 5.56 Å². The molecule has 2 N–H and O–H groups in total. The molecule has 0 saturated heterocycles. The lowest BCUT2D eigenvalue weighted by Crippen LogP contribution is -2.35. The van der Waals surface area contributed by atoms with Crippen LogP contribution in [0.5, 0.6) is 0 Å². The molecule has 1 aromatic rings. The molecule has 0 aliphatic carbocycles. The Labute approximate surface area is 117 Å². The second-order valence-corrected chi connectivity index (χ2v) is 4.53. The Kier molecular flexibility index (Phi) is 4.70. The molecule has 1 aliphatic rings. The highest BCUT2D eigenvalue weighted by Gasteiger charge is 2.06. The summed E-state index contributed by atoms with van der Waals surface area (Å²) in [5, 5.41) is 18.0. The summed E-state index contributed by atoms with van der Waals surface area (Å²) in [5.74, 6) is -0.163. The molecule has 6 heteroatoms. The zero-order chi connectivity index (χ0) is 14.4. The lowest BCUT2D eigenvalue weighted by Gasteiger charge is -2.15. The molecule has 106 valence electrons. The molecule has 0 saturated carbocycles. The van der Waals surface area contributed by atoms with E-state index in [0.717, 1.165) is 37.5 Å². The fourth-order valence-electron chi connectivity index (χ4n) is 1.81. The lowest BCUT2D eigenvalue weighted by atomic mass is 10.1. The van der Waals surface area contributed by atoms with Gasteiger partial charge in [0, 0.05) is 20.1 Å². The van der Waals surface area contributed by atoms with Gasteiger partial charge in [0.25, 0.3) is 0 Å². The van der Waals surface area contributed by atoms with Crippen LogP contribution in [0.2, 0.25) is 0 Å². The van der Waals surface area contributed by atoms with Gasteiger partial charge in [-0.15, -0.1) is 0 Å². The molecule has 1 aliphatic heterocycles. The number of rotatable bonds is 3. The average Bonchev–Trinajstić information content (AvgIpc) is 2.74. The quantitative estimate of drug-likeness (QED) is 0.645. The van der Waals surface area contributed by atoms with E-state index in [2.05, 4.69) is 15.4 Å². The number of hydrazone groups is 1. The van der Waals surface area contributed by atoms with Gasteiger partial charge in [-0.05, 0) is 30.5 Å². The molecule has 1 heterocycles. The highest BCUT2D eigenvalue weighted by Crippen LogP contribution is 2.03. The molecule has 20 heavy (non-hydrogen) atoms. The first-order valence-electron chi connectivity index (χ1n) is 6.56. The molecule has 1 aromatic carbocycles. The third-order valence-corrected chi connectivity index (χ3v) is 2.97. The van der Waals surface area contributed by atoms with Crippen LogP contribution >= 0.6 is 0 Å². The van der Waals surface area contributed by atoms with Gasteiger partial charge in [-0.2, -0.15) is 5.10 Å². The molecule has 0 unspecified atom stereocenters. The Morgan fingerprint density at radius 3 is 2.85 bits per heavy atom. The van der Waals surface area contributed by atoms with Gasteiger partial charge >= 0.3 is 5.97 Å². The standard InChI is InChI=1S/C14H18N4O2/c1-18(14-15-8-2-3-9-16-14)17-10-11-4-6-12(7-5-11)13(19)20/h4-7,10H,2-3,8-9H2,1H3,(H,15,16)(H,19,20)/b17-10-. The summed E-state index contributed by atoms with van der Waals surface area (Å²) < 4.78 is 0. The molecule has 0 aromatic heterocycles. The van der Waals surface area contributed by atoms with Crippen LogP contribution in [0.4, 0.5) is 0 Å². The monoisotopic (exact) mass is 274 g/mol. The van der Waals surface area contributed by atoms with E-state index in [1.165, 1.54) is 0 Å². The van der Waals surface area contributed by atoms with Crippen molar-refractivity contribution in [3.05, 3.63) is 35.4 Å².